The summed E-state index contributed by atoms with van der Waals surface area (Å²) >= 11 is 0. The van der Waals surface area contributed by atoms with Crippen molar-refractivity contribution >= 4 is 16.9 Å². The summed E-state index contributed by atoms with van der Waals surface area (Å²) in [6.07, 6.45) is 6.24. The molecule has 0 spiro atoms. The van der Waals surface area contributed by atoms with Crippen LogP contribution < -0.4 is 0 Å². The van der Waals surface area contributed by atoms with E-state index in [4.69, 9.17) is 4.42 Å². The number of nitrogens with zero attached hydrogens (tertiary/aromatic N) is 2. The average Bonchev–Trinajstić information content (AvgIpc) is 3.43. The van der Waals surface area contributed by atoms with Gasteiger partial charge in [0.15, 0.2) is 0 Å². The molecule has 2 aromatic heterocycles. The second-order valence-electron chi connectivity index (χ2n) is 8.36. The van der Waals surface area contributed by atoms with E-state index in [9.17, 15) is 9.90 Å². The van der Waals surface area contributed by atoms with Crippen molar-refractivity contribution in [1.29, 1.82) is 0 Å². The molecule has 0 unspecified atom stereocenters. The third kappa shape index (κ3) is 4.14. The zero-order valence-corrected chi connectivity index (χ0v) is 17.4. The zero-order chi connectivity index (χ0) is 21.2. The molecule has 31 heavy (non-hydrogen) atoms. The van der Waals surface area contributed by atoms with Crippen LogP contribution in [0.25, 0.3) is 10.9 Å². The summed E-state index contributed by atoms with van der Waals surface area (Å²) in [5.41, 5.74) is 4.10. The zero-order valence-electron chi connectivity index (χ0n) is 17.4. The van der Waals surface area contributed by atoms with Crippen molar-refractivity contribution in [2.24, 2.45) is 0 Å². The number of hydrogen-bond acceptors (Lipinski definition) is 3. The van der Waals surface area contributed by atoms with Crippen LogP contribution in [-0.4, -0.2) is 33.6 Å². The number of rotatable bonds is 6. The minimum absolute atomic E-state index is 0.358. The van der Waals surface area contributed by atoms with Crippen LogP contribution in [0.5, 0.6) is 0 Å². The number of aromatic carboxylic acids is 1. The quantitative estimate of drug-likeness (QED) is 0.461. The molecule has 158 valence electrons. The molecule has 1 fully saturated rings. The third-order valence-electron chi connectivity index (χ3n) is 6.33. The van der Waals surface area contributed by atoms with Crippen molar-refractivity contribution in [3.8, 4) is 0 Å². The number of likely N-dealkylation sites (tertiary alicyclic amines) is 1. The monoisotopic (exact) mass is 414 g/mol. The van der Waals surface area contributed by atoms with Crippen molar-refractivity contribution < 1.29 is 14.3 Å². The standard InChI is InChI=1S/C26H26N2O3/c29-26(30)21-6-3-5-19(15-21)16-27-12-10-20(11-13-27)24-18-28(17-22-7-4-14-31-22)25-9-2-1-8-23(24)25/h1-9,14-15,18,20H,10-13,16-17H2,(H,29,30). The van der Waals surface area contributed by atoms with Crippen molar-refractivity contribution in [2.75, 3.05) is 13.1 Å². The first-order chi connectivity index (χ1) is 15.2. The highest BCUT2D eigenvalue weighted by atomic mass is 16.4. The van der Waals surface area contributed by atoms with Crippen molar-refractivity contribution in [3.05, 3.63) is 95.6 Å². The second kappa shape index (κ2) is 8.44. The summed E-state index contributed by atoms with van der Waals surface area (Å²) in [6.45, 7) is 3.57. The maximum atomic E-state index is 11.2. The van der Waals surface area contributed by atoms with Crippen LogP contribution in [-0.2, 0) is 13.1 Å². The fourth-order valence-corrected chi connectivity index (χ4v) is 4.76. The molecule has 0 bridgehead atoms. The van der Waals surface area contributed by atoms with Gasteiger partial charge in [-0.25, -0.2) is 4.79 Å². The van der Waals surface area contributed by atoms with Gasteiger partial charge < -0.3 is 14.1 Å². The number of para-hydroxylation sites is 1. The Hall–Kier alpha value is -3.31. The van der Waals surface area contributed by atoms with Gasteiger partial charge >= 0.3 is 5.97 Å². The molecule has 0 saturated carbocycles. The lowest BCUT2D eigenvalue weighted by Crippen LogP contribution is -2.32. The molecule has 0 aliphatic carbocycles. The molecule has 1 aliphatic heterocycles. The number of benzene rings is 2. The lowest BCUT2D eigenvalue weighted by molar-refractivity contribution is 0.0696. The van der Waals surface area contributed by atoms with E-state index in [0.717, 1.165) is 50.3 Å². The van der Waals surface area contributed by atoms with Gasteiger partial charge in [-0.15, -0.1) is 0 Å². The topological polar surface area (TPSA) is 58.6 Å². The van der Waals surface area contributed by atoms with Crippen LogP contribution in [0, 0.1) is 0 Å². The average molecular weight is 415 g/mol. The van der Waals surface area contributed by atoms with Gasteiger partial charge in [0.05, 0.1) is 18.4 Å². The Morgan fingerprint density at radius 1 is 1.00 bits per heavy atom. The number of furan rings is 1. The fourth-order valence-electron chi connectivity index (χ4n) is 4.76. The van der Waals surface area contributed by atoms with Gasteiger partial charge in [-0.3, -0.25) is 4.90 Å². The number of carboxylic acid groups (broad SMARTS) is 1. The van der Waals surface area contributed by atoms with Gasteiger partial charge in [-0.1, -0.05) is 30.3 Å². The normalized spacial score (nSPS) is 15.5. The van der Waals surface area contributed by atoms with Crippen molar-refractivity contribution in [1.82, 2.24) is 9.47 Å². The summed E-state index contributed by atoms with van der Waals surface area (Å²) in [6, 6.07) is 19.9. The first-order valence-electron chi connectivity index (χ1n) is 10.8. The van der Waals surface area contributed by atoms with E-state index in [0.29, 0.717) is 11.5 Å². The number of fused-ring (bicyclic) bond motifs is 1. The molecular formula is C26H26N2O3. The van der Waals surface area contributed by atoms with E-state index >= 15 is 0 Å². The first-order valence-corrected chi connectivity index (χ1v) is 10.8. The molecule has 4 aromatic rings. The van der Waals surface area contributed by atoms with E-state index in [1.54, 1.807) is 18.4 Å². The third-order valence-corrected chi connectivity index (χ3v) is 6.33. The molecular weight excluding hydrogens is 388 g/mol. The first kappa shape index (κ1) is 19.6. The largest absolute Gasteiger partial charge is 0.478 e. The van der Waals surface area contributed by atoms with E-state index in [1.807, 2.05) is 24.3 Å². The molecule has 0 radical (unpaired) electrons. The molecule has 1 aliphatic rings. The van der Waals surface area contributed by atoms with Gasteiger partial charge in [0.1, 0.15) is 5.76 Å². The SMILES string of the molecule is O=C(O)c1cccc(CN2CCC(c3cn(Cc4ccco4)c4ccccc34)CC2)c1. The molecule has 5 rings (SSSR count). The Labute approximate surface area is 181 Å². The molecule has 3 heterocycles. The van der Waals surface area contributed by atoms with E-state index in [2.05, 4.69) is 39.9 Å². The van der Waals surface area contributed by atoms with Crippen molar-refractivity contribution in [2.45, 2.75) is 31.8 Å². The number of carbonyl (C=O) groups is 1. The molecule has 0 atom stereocenters. The van der Waals surface area contributed by atoms with Crippen LogP contribution in [0.1, 0.15) is 46.0 Å². The van der Waals surface area contributed by atoms with Crippen LogP contribution in [0.4, 0.5) is 0 Å². The lowest BCUT2D eigenvalue weighted by atomic mass is 9.89. The Kier molecular flexibility index (Phi) is 5.35. The molecule has 5 heteroatoms. The Morgan fingerprint density at radius 2 is 1.84 bits per heavy atom. The van der Waals surface area contributed by atoms with Crippen LogP contribution in [0.3, 0.4) is 0 Å². The van der Waals surface area contributed by atoms with Gasteiger partial charge in [0, 0.05) is 23.6 Å². The fraction of sp³-hybridized carbons (Fsp3) is 0.269. The minimum Gasteiger partial charge on any atom is -0.478 e. The maximum Gasteiger partial charge on any atom is 0.335 e. The molecule has 0 amide bonds. The highest BCUT2D eigenvalue weighted by Gasteiger charge is 2.24. The number of hydrogen-bond donors (Lipinski definition) is 1. The highest BCUT2D eigenvalue weighted by molar-refractivity contribution is 5.87. The number of carboxylic acids is 1. The molecule has 1 saturated heterocycles. The summed E-state index contributed by atoms with van der Waals surface area (Å²) in [4.78, 5) is 13.7. The highest BCUT2D eigenvalue weighted by Crippen LogP contribution is 2.35. The Bertz CT molecular complexity index is 1180. The number of aromatic nitrogens is 1. The predicted octanol–water partition coefficient (Wildman–Crippen LogP) is 5.36. The predicted molar refractivity (Wildman–Crippen MR) is 120 cm³/mol. The smallest absolute Gasteiger partial charge is 0.335 e. The summed E-state index contributed by atoms with van der Waals surface area (Å²) in [7, 11) is 0. The van der Waals surface area contributed by atoms with E-state index in [-0.39, 0.29) is 0 Å². The van der Waals surface area contributed by atoms with Gasteiger partial charge in [0.25, 0.3) is 0 Å². The number of piperidine rings is 1. The van der Waals surface area contributed by atoms with Gasteiger partial charge in [-0.05, 0) is 73.3 Å². The van der Waals surface area contributed by atoms with Crippen LogP contribution in [0.15, 0.2) is 77.5 Å². The summed E-state index contributed by atoms with van der Waals surface area (Å²) < 4.78 is 7.87. The maximum absolute atomic E-state index is 11.2. The van der Waals surface area contributed by atoms with Crippen LogP contribution >= 0.6 is 0 Å². The summed E-state index contributed by atoms with van der Waals surface area (Å²) in [5, 5.41) is 10.6. The van der Waals surface area contributed by atoms with Gasteiger partial charge in [0.2, 0.25) is 0 Å². The van der Waals surface area contributed by atoms with E-state index < -0.39 is 5.97 Å². The molecule has 5 nitrogen and oxygen atoms in total. The Morgan fingerprint density at radius 3 is 2.61 bits per heavy atom. The summed E-state index contributed by atoms with van der Waals surface area (Å²) in [5.74, 6) is 0.626. The Balaban J connectivity index is 1.30. The van der Waals surface area contributed by atoms with Gasteiger partial charge in [-0.2, -0.15) is 0 Å². The second-order valence-corrected chi connectivity index (χ2v) is 8.36. The molecule has 1 N–H and O–H groups in total. The van der Waals surface area contributed by atoms with E-state index in [1.165, 1.54) is 16.5 Å². The molecule has 2 aromatic carbocycles. The lowest BCUT2D eigenvalue weighted by Gasteiger charge is -2.32. The van der Waals surface area contributed by atoms with Crippen LogP contribution in [0.2, 0.25) is 0 Å². The minimum atomic E-state index is -0.869. The van der Waals surface area contributed by atoms with Crippen molar-refractivity contribution in [3.63, 3.8) is 0 Å².